The molecule has 0 unspecified atom stereocenters. The Morgan fingerprint density at radius 1 is 1.05 bits per heavy atom. The minimum absolute atomic E-state index is 0.302. The number of unbranched alkanes of at least 4 members (excludes halogenated alkanes) is 2. The van der Waals surface area contributed by atoms with Crippen LogP contribution < -0.4 is 16.2 Å². The summed E-state index contributed by atoms with van der Waals surface area (Å²) in [6.45, 7) is 8.22. The molecule has 0 heterocycles. The van der Waals surface area contributed by atoms with Crippen molar-refractivity contribution in [3.8, 4) is 0 Å². The molecule has 0 aromatic heterocycles. The summed E-state index contributed by atoms with van der Waals surface area (Å²) < 4.78 is 0. The number of hydrogen-bond acceptors (Lipinski definition) is 4. The zero-order valence-electron chi connectivity index (χ0n) is 12.5. The number of hydrogen-bond donors (Lipinski definition) is 1. The highest BCUT2D eigenvalue weighted by molar-refractivity contribution is 5.77. The van der Waals surface area contributed by atoms with Crippen LogP contribution in [0, 0.1) is 6.92 Å². The molecule has 0 saturated carbocycles. The smallest absolute Gasteiger partial charge is 0.249 e. The average molecular weight is 267 g/mol. The van der Waals surface area contributed by atoms with Crippen molar-refractivity contribution >= 4 is 11.5 Å². The molecule has 0 spiro atoms. The van der Waals surface area contributed by atoms with E-state index >= 15 is 0 Å². The maximum atomic E-state index is 11.1. The van der Waals surface area contributed by atoms with Gasteiger partial charge < -0.3 is 5.32 Å². The minimum Gasteiger partial charge on any atom is -0.381 e. The van der Waals surface area contributed by atoms with Crippen LogP contribution in [0.4, 0.5) is 5.69 Å². The van der Waals surface area contributed by atoms with Crippen LogP contribution in [0.5, 0.6) is 0 Å². The van der Waals surface area contributed by atoms with Gasteiger partial charge in [0.15, 0.2) is 0 Å². The van der Waals surface area contributed by atoms with Crippen LogP contribution in [-0.2, 0) is 4.79 Å². The molecule has 0 saturated heterocycles. The third-order valence-electron chi connectivity index (χ3n) is 2.98. The topological polar surface area (TPSA) is 63.2 Å². The lowest BCUT2D eigenvalue weighted by Gasteiger charge is -2.09. The van der Waals surface area contributed by atoms with Gasteiger partial charge in [-0.2, -0.15) is 0 Å². The Balaban J connectivity index is 0.00000154. The molecule has 0 aliphatic carbocycles. The fraction of sp³-hybridized carbons (Fsp3) is 0.667. The summed E-state index contributed by atoms with van der Waals surface area (Å²) in [7, 11) is 0. The molecule has 0 amide bonds. The Morgan fingerprint density at radius 2 is 1.68 bits per heavy atom. The van der Waals surface area contributed by atoms with Crippen molar-refractivity contribution in [2.75, 3.05) is 11.9 Å². The summed E-state index contributed by atoms with van der Waals surface area (Å²) in [4.78, 5) is 33.1. The molecule has 0 aliphatic rings. The van der Waals surface area contributed by atoms with Crippen LogP contribution in [0.15, 0.2) is 9.59 Å². The summed E-state index contributed by atoms with van der Waals surface area (Å²) in [6.07, 6.45) is 4.04. The zero-order chi connectivity index (χ0) is 14.8. The number of carbonyl (C=O) groups is 1. The molecule has 0 aliphatic heterocycles. The van der Waals surface area contributed by atoms with E-state index in [4.69, 9.17) is 0 Å². The largest absolute Gasteiger partial charge is 0.381 e. The van der Waals surface area contributed by atoms with Gasteiger partial charge >= 0.3 is 0 Å². The molecule has 4 nitrogen and oxygen atoms in total. The Hall–Kier alpha value is -1.45. The summed E-state index contributed by atoms with van der Waals surface area (Å²) in [5.74, 6) is 0.302. The van der Waals surface area contributed by atoms with Crippen molar-refractivity contribution < 1.29 is 4.79 Å². The van der Waals surface area contributed by atoms with Crippen LogP contribution in [-0.4, -0.2) is 12.3 Å². The SMILES string of the molecule is CC.CCC(=O)CCCCCNc1c(C)c(=O)c1=O. The van der Waals surface area contributed by atoms with E-state index in [9.17, 15) is 14.4 Å². The van der Waals surface area contributed by atoms with Crippen molar-refractivity contribution in [3.63, 3.8) is 0 Å². The minimum atomic E-state index is -0.399. The molecular formula is C15H25NO3. The molecule has 19 heavy (non-hydrogen) atoms. The lowest BCUT2D eigenvalue weighted by molar-refractivity contribution is -0.118. The normalized spacial score (nSPS) is 9.89. The molecular weight excluding hydrogens is 242 g/mol. The van der Waals surface area contributed by atoms with Crippen molar-refractivity contribution in [3.05, 3.63) is 26.0 Å². The Labute approximate surface area is 114 Å². The number of nitrogens with one attached hydrogen (secondary N) is 1. The molecule has 0 radical (unpaired) electrons. The second kappa shape index (κ2) is 9.48. The van der Waals surface area contributed by atoms with Crippen molar-refractivity contribution in [1.29, 1.82) is 0 Å². The van der Waals surface area contributed by atoms with E-state index in [1.807, 2.05) is 20.8 Å². The second-order valence-electron chi connectivity index (χ2n) is 4.29. The fourth-order valence-electron chi connectivity index (χ4n) is 1.73. The van der Waals surface area contributed by atoms with Gasteiger partial charge in [0.2, 0.25) is 10.9 Å². The number of anilines is 1. The van der Waals surface area contributed by atoms with Gasteiger partial charge in [-0.3, -0.25) is 14.4 Å². The van der Waals surface area contributed by atoms with Gasteiger partial charge in [-0.05, 0) is 19.8 Å². The number of Topliss-reactive ketones (excluding diaryl/α,β-unsaturated/α-hetero) is 1. The first-order chi connectivity index (χ1) is 9.07. The highest BCUT2D eigenvalue weighted by atomic mass is 16.2. The predicted molar refractivity (Wildman–Crippen MR) is 79.7 cm³/mol. The highest BCUT2D eigenvalue weighted by Gasteiger charge is 2.15. The molecule has 0 fully saturated rings. The monoisotopic (exact) mass is 267 g/mol. The number of ketones is 1. The molecule has 0 atom stereocenters. The van der Waals surface area contributed by atoms with E-state index in [1.54, 1.807) is 6.92 Å². The lowest BCUT2D eigenvalue weighted by atomic mass is 10.1. The summed E-state index contributed by atoms with van der Waals surface area (Å²) in [6, 6.07) is 0. The quantitative estimate of drug-likeness (QED) is 0.581. The van der Waals surface area contributed by atoms with E-state index < -0.39 is 5.43 Å². The van der Waals surface area contributed by atoms with Crippen molar-refractivity contribution in [2.24, 2.45) is 0 Å². The van der Waals surface area contributed by atoms with Gasteiger partial charge in [0.25, 0.3) is 0 Å². The maximum absolute atomic E-state index is 11.1. The number of rotatable bonds is 8. The van der Waals surface area contributed by atoms with Crippen LogP contribution >= 0.6 is 0 Å². The fourth-order valence-corrected chi connectivity index (χ4v) is 1.73. The van der Waals surface area contributed by atoms with Gasteiger partial charge in [0.05, 0.1) is 5.69 Å². The summed E-state index contributed by atoms with van der Waals surface area (Å²) in [5.41, 5.74) is 0.237. The van der Waals surface area contributed by atoms with Crippen LogP contribution in [0.25, 0.3) is 0 Å². The Bertz CT molecular complexity index is 456. The third kappa shape index (κ3) is 5.37. The zero-order valence-corrected chi connectivity index (χ0v) is 12.5. The maximum Gasteiger partial charge on any atom is 0.249 e. The van der Waals surface area contributed by atoms with Gasteiger partial charge in [-0.1, -0.05) is 27.2 Å². The lowest BCUT2D eigenvalue weighted by Crippen LogP contribution is -2.37. The Kier molecular flexibility index (Phi) is 8.75. The van der Waals surface area contributed by atoms with Gasteiger partial charge in [0.1, 0.15) is 5.78 Å². The number of carbonyl (C=O) groups excluding carboxylic acids is 1. The first-order valence-electron chi connectivity index (χ1n) is 7.13. The molecule has 1 aromatic carbocycles. The Morgan fingerprint density at radius 3 is 2.21 bits per heavy atom. The third-order valence-corrected chi connectivity index (χ3v) is 2.98. The van der Waals surface area contributed by atoms with E-state index in [0.717, 1.165) is 19.3 Å². The first kappa shape index (κ1) is 17.6. The van der Waals surface area contributed by atoms with E-state index in [0.29, 0.717) is 36.4 Å². The predicted octanol–water partition coefficient (Wildman–Crippen LogP) is 2.57. The molecule has 1 N–H and O–H groups in total. The first-order valence-corrected chi connectivity index (χ1v) is 7.13. The second-order valence-corrected chi connectivity index (χ2v) is 4.29. The van der Waals surface area contributed by atoms with Gasteiger partial charge in [0, 0.05) is 24.9 Å². The van der Waals surface area contributed by atoms with Crippen LogP contribution in [0.3, 0.4) is 0 Å². The van der Waals surface area contributed by atoms with Crippen molar-refractivity contribution in [1.82, 2.24) is 0 Å². The van der Waals surface area contributed by atoms with E-state index in [1.165, 1.54) is 0 Å². The molecule has 4 heteroatoms. The summed E-state index contributed by atoms with van der Waals surface area (Å²) >= 11 is 0. The highest BCUT2D eigenvalue weighted by Crippen LogP contribution is 2.07. The molecule has 1 aromatic rings. The standard InChI is InChI=1S/C13H19NO3.C2H6/c1-3-10(15)7-5-4-6-8-14-11-9(2)12(16)13(11)17;1-2/h14H,3-8H2,1-2H3;1-2H3. The van der Waals surface area contributed by atoms with Gasteiger partial charge in [-0.15, -0.1) is 0 Å². The van der Waals surface area contributed by atoms with E-state index in [2.05, 4.69) is 5.32 Å². The van der Waals surface area contributed by atoms with Gasteiger partial charge in [-0.25, -0.2) is 0 Å². The van der Waals surface area contributed by atoms with Crippen molar-refractivity contribution in [2.45, 2.75) is 59.8 Å². The average Bonchev–Trinajstić information content (AvgIpc) is 2.47. The summed E-state index contributed by atoms with van der Waals surface area (Å²) in [5, 5.41) is 2.98. The van der Waals surface area contributed by atoms with Crippen LogP contribution in [0.2, 0.25) is 0 Å². The molecule has 108 valence electrons. The molecule has 1 rings (SSSR count). The van der Waals surface area contributed by atoms with Crippen LogP contribution in [0.1, 0.15) is 58.4 Å². The van der Waals surface area contributed by atoms with E-state index in [-0.39, 0.29) is 5.43 Å². The molecule has 0 bridgehead atoms.